The Kier molecular flexibility index (Phi) is 4.71. The lowest BCUT2D eigenvalue weighted by Crippen LogP contribution is -2.21. The van der Waals surface area contributed by atoms with Gasteiger partial charge in [0.25, 0.3) is 0 Å². The molecule has 0 saturated carbocycles. The Morgan fingerprint density at radius 2 is 2.05 bits per heavy atom. The van der Waals surface area contributed by atoms with E-state index in [1.165, 1.54) is 0 Å². The first kappa shape index (κ1) is 13.8. The topological polar surface area (TPSA) is 53.1 Å². The third-order valence-electron chi connectivity index (χ3n) is 3.13. The molecule has 2 atom stereocenters. The van der Waals surface area contributed by atoms with E-state index in [2.05, 4.69) is 16.5 Å². The summed E-state index contributed by atoms with van der Waals surface area (Å²) in [4.78, 5) is 4.21. The molecule has 0 saturated heterocycles. The summed E-state index contributed by atoms with van der Waals surface area (Å²) in [7, 11) is 0. The van der Waals surface area contributed by atoms with Gasteiger partial charge in [0.05, 0.1) is 30.4 Å². The van der Waals surface area contributed by atoms with Crippen molar-refractivity contribution in [1.29, 1.82) is 0 Å². The lowest BCUT2D eigenvalue weighted by molar-refractivity contribution is 0.0633. The maximum absolute atomic E-state index is 6.31. The first-order valence-electron chi connectivity index (χ1n) is 6.64. The fraction of sp³-hybridized carbons (Fsp3) is 0.400. The molecule has 0 aliphatic rings. The number of hydrogen-bond acceptors (Lipinski definition) is 3. The van der Waals surface area contributed by atoms with E-state index >= 15 is 0 Å². The first-order chi connectivity index (χ1) is 9.22. The van der Waals surface area contributed by atoms with E-state index in [-0.39, 0.29) is 12.1 Å². The molecule has 102 valence electrons. The van der Waals surface area contributed by atoms with Crippen LogP contribution in [0.5, 0.6) is 0 Å². The van der Waals surface area contributed by atoms with Gasteiger partial charge in [-0.3, -0.25) is 0 Å². The smallest absolute Gasteiger partial charge is 0.0949 e. The largest absolute Gasteiger partial charge is 0.377 e. The molecule has 0 aliphatic carbocycles. The molecule has 0 spiro atoms. The molecule has 0 radical (unpaired) electrons. The van der Waals surface area contributed by atoms with Gasteiger partial charge in [0.2, 0.25) is 0 Å². The normalized spacial score (nSPS) is 14.3. The van der Waals surface area contributed by atoms with E-state index in [4.69, 9.17) is 10.5 Å². The van der Waals surface area contributed by atoms with Crippen LogP contribution in [-0.2, 0) is 11.3 Å². The van der Waals surface area contributed by atoms with Crippen LogP contribution in [0.4, 0.5) is 0 Å². The molecule has 4 heteroatoms. The Bertz CT molecular complexity index is 495. The van der Waals surface area contributed by atoms with Crippen molar-refractivity contribution in [3.05, 3.63) is 54.1 Å². The Hall–Kier alpha value is -1.65. The second-order valence-electron chi connectivity index (χ2n) is 4.63. The van der Waals surface area contributed by atoms with Crippen LogP contribution in [0.1, 0.15) is 31.1 Å². The summed E-state index contributed by atoms with van der Waals surface area (Å²) in [5.41, 5.74) is 8.41. The van der Waals surface area contributed by atoms with Crippen LogP contribution in [0, 0.1) is 0 Å². The number of benzene rings is 1. The van der Waals surface area contributed by atoms with E-state index in [0.29, 0.717) is 0 Å². The molecule has 0 amide bonds. The van der Waals surface area contributed by atoms with Crippen molar-refractivity contribution in [1.82, 2.24) is 9.55 Å². The van der Waals surface area contributed by atoms with Crippen molar-refractivity contribution >= 4 is 0 Å². The van der Waals surface area contributed by atoms with Gasteiger partial charge in [0, 0.05) is 13.2 Å². The average molecular weight is 259 g/mol. The van der Waals surface area contributed by atoms with Gasteiger partial charge in [0.1, 0.15) is 0 Å². The highest BCUT2D eigenvalue weighted by atomic mass is 16.5. The van der Waals surface area contributed by atoms with E-state index < -0.39 is 0 Å². The van der Waals surface area contributed by atoms with Gasteiger partial charge < -0.3 is 15.0 Å². The van der Waals surface area contributed by atoms with Gasteiger partial charge in [-0.15, -0.1) is 0 Å². The number of imidazole rings is 1. The molecular formula is C15H21N3O. The summed E-state index contributed by atoms with van der Waals surface area (Å²) in [5, 5.41) is 0. The molecule has 2 unspecified atom stereocenters. The van der Waals surface area contributed by atoms with Crippen LogP contribution < -0.4 is 5.73 Å². The summed E-state index contributed by atoms with van der Waals surface area (Å²) < 4.78 is 7.63. The fourth-order valence-electron chi connectivity index (χ4n) is 2.19. The van der Waals surface area contributed by atoms with Crippen molar-refractivity contribution in [2.24, 2.45) is 5.73 Å². The maximum Gasteiger partial charge on any atom is 0.0949 e. The number of hydrogen-bond donors (Lipinski definition) is 1. The van der Waals surface area contributed by atoms with Gasteiger partial charge in [-0.05, 0) is 19.4 Å². The van der Waals surface area contributed by atoms with Crippen LogP contribution in [-0.4, -0.2) is 22.3 Å². The van der Waals surface area contributed by atoms with Crippen molar-refractivity contribution in [2.75, 3.05) is 6.61 Å². The van der Waals surface area contributed by atoms with Gasteiger partial charge in [-0.25, -0.2) is 4.98 Å². The summed E-state index contributed by atoms with van der Waals surface area (Å²) >= 11 is 0. The highest BCUT2D eigenvalue weighted by Gasteiger charge is 2.14. The fourth-order valence-corrected chi connectivity index (χ4v) is 2.19. The molecule has 1 aromatic carbocycles. The minimum atomic E-state index is -0.155. The van der Waals surface area contributed by atoms with Crippen molar-refractivity contribution in [2.45, 2.75) is 32.5 Å². The first-order valence-corrected chi connectivity index (χ1v) is 6.64. The molecule has 0 bridgehead atoms. The van der Waals surface area contributed by atoms with Gasteiger partial charge in [-0.2, -0.15) is 0 Å². The zero-order valence-electron chi connectivity index (χ0n) is 11.5. The Morgan fingerprint density at radius 3 is 2.74 bits per heavy atom. The minimum Gasteiger partial charge on any atom is -0.377 e. The lowest BCUT2D eigenvalue weighted by atomic mass is 10.1. The van der Waals surface area contributed by atoms with Crippen molar-refractivity contribution in [3.63, 3.8) is 0 Å². The Labute approximate surface area is 114 Å². The SMILES string of the molecule is CCOC(C)Cn1cncc1C(N)c1ccccc1. The van der Waals surface area contributed by atoms with Crippen molar-refractivity contribution in [3.8, 4) is 0 Å². The van der Waals surface area contributed by atoms with E-state index in [1.54, 1.807) is 0 Å². The van der Waals surface area contributed by atoms with E-state index in [0.717, 1.165) is 24.4 Å². The maximum atomic E-state index is 6.31. The number of nitrogens with two attached hydrogens (primary N) is 1. The van der Waals surface area contributed by atoms with Crippen LogP contribution in [0.25, 0.3) is 0 Å². The highest BCUT2D eigenvalue weighted by Crippen LogP contribution is 2.19. The standard InChI is InChI=1S/C15H21N3O/c1-3-19-12(2)10-18-11-17-9-14(18)15(16)13-7-5-4-6-8-13/h4-9,11-12,15H,3,10,16H2,1-2H3. The Balaban J connectivity index is 2.15. The molecule has 0 aliphatic heterocycles. The zero-order chi connectivity index (χ0) is 13.7. The summed E-state index contributed by atoms with van der Waals surface area (Å²) in [6.45, 7) is 5.54. The van der Waals surface area contributed by atoms with Crippen molar-refractivity contribution < 1.29 is 4.74 Å². The molecule has 0 fully saturated rings. The lowest BCUT2D eigenvalue weighted by Gasteiger charge is -2.18. The summed E-state index contributed by atoms with van der Waals surface area (Å²) in [5.74, 6) is 0. The predicted octanol–water partition coefficient (Wildman–Crippen LogP) is 2.36. The quantitative estimate of drug-likeness (QED) is 0.866. The number of rotatable bonds is 6. The monoisotopic (exact) mass is 259 g/mol. The third-order valence-corrected chi connectivity index (χ3v) is 3.13. The molecule has 19 heavy (non-hydrogen) atoms. The van der Waals surface area contributed by atoms with Crippen LogP contribution in [0.3, 0.4) is 0 Å². The van der Waals surface area contributed by atoms with Crippen LogP contribution in [0.2, 0.25) is 0 Å². The zero-order valence-corrected chi connectivity index (χ0v) is 11.5. The van der Waals surface area contributed by atoms with Crippen LogP contribution >= 0.6 is 0 Å². The molecular weight excluding hydrogens is 238 g/mol. The predicted molar refractivity (Wildman–Crippen MR) is 75.8 cm³/mol. The molecule has 2 rings (SSSR count). The summed E-state index contributed by atoms with van der Waals surface area (Å²) in [6.07, 6.45) is 3.80. The molecule has 2 N–H and O–H groups in total. The van der Waals surface area contributed by atoms with Gasteiger partial charge >= 0.3 is 0 Å². The molecule has 4 nitrogen and oxygen atoms in total. The van der Waals surface area contributed by atoms with E-state index in [9.17, 15) is 0 Å². The molecule has 1 heterocycles. The third kappa shape index (κ3) is 3.43. The number of nitrogens with zero attached hydrogens (tertiary/aromatic N) is 2. The average Bonchev–Trinajstić information content (AvgIpc) is 2.87. The molecule has 2 aromatic rings. The number of aromatic nitrogens is 2. The van der Waals surface area contributed by atoms with Gasteiger partial charge in [-0.1, -0.05) is 30.3 Å². The minimum absolute atomic E-state index is 0.154. The second-order valence-corrected chi connectivity index (χ2v) is 4.63. The highest BCUT2D eigenvalue weighted by molar-refractivity contribution is 5.26. The number of ether oxygens (including phenoxy) is 1. The molecule has 1 aromatic heterocycles. The second kappa shape index (κ2) is 6.50. The summed E-state index contributed by atoms with van der Waals surface area (Å²) in [6, 6.07) is 9.90. The Morgan fingerprint density at radius 1 is 1.32 bits per heavy atom. The van der Waals surface area contributed by atoms with Crippen LogP contribution in [0.15, 0.2) is 42.9 Å². The van der Waals surface area contributed by atoms with E-state index in [1.807, 2.05) is 49.8 Å². The van der Waals surface area contributed by atoms with Gasteiger partial charge in [0.15, 0.2) is 0 Å².